The summed E-state index contributed by atoms with van der Waals surface area (Å²) in [6, 6.07) is 15.1. The van der Waals surface area contributed by atoms with Crippen LogP contribution in [0.15, 0.2) is 61.2 Å². The number of alkyl halides is 1. The van der Waals surface area contributed by atoms with Crippen LogP contribution in [0.25, 0.3) is 0 Å². The number of carbonyl (C=O) groups is 1. The zero-order valence-electron chi connectivity index (χ0n) is 28.4. The summed E-state index contributed by atoms with van der Waals surface area (Å²) in [5.74, 6) is 0.171. The number of ether oxygens (including phenoxy) is 1. The number of alkyl carbamates (subject to hydrolysis) is 1. The number of hydrogen-bond acceptors (Lipinski definition) is 7. The smallest absolute Gasteiger partial charge is 0.407 e. The number of nitriles is 1. The Kier molecular flexibility index (Phi) is 9.62. The van der Waals surface area contributed by atoms with Crippen molar-refractivity contribution in [2.45, 2.75) is 62.2 Å². The fourth-order valence-electron chi connectivity index (χ4n) is 9.26. The first-order valence-corrected chi connectivity index (χ1v) is 17.8. The molecule has 1 amide bonds. The van der Waals surface area contributed by atoms with Gasteiger partial charge >= 0.3 is 6.09 Å². The molecule has 4 heterocycles. The lowest BCUT2D eigenvalue weighted by Crippen LogP contribution is -2.65. The second kappa shape index (κ2) is 14.1. The third kappa shape index (κ3) is 6.90. The Labute approximate surface area is 287 Å². The van der Waals surface area contributed by atoms with Crippen molar-refractivity contribution in [3.63, 3.8) is 0 Å². The van der Waals surface area contributed by atoms with Gasteiger partial charge in [-0.05, 0) is 112 Å². The Morgan fingerprint density at radius 1 is 1.08 bits per heavy atom. The molecule has 3 saturated heterocycles. The molecule has 1 unspecified atom stereocenters. The van der Waals surface area contributed by atoms with Crippen LogP contribution in [0.2, 0.25) is 0 Å². The van der Waals surface area contributed by atoms with E-state index in [-0.39, 0.29) is 29.1 Å². The highest BCUT2D eigenvalue weighted by molar-refractivity contribution is 5.67. The summed E-state index contributed by atoms with van der Waals surface area (Å²) < 4.78 is 38.2. The summed E-state index contributed by atoms with van der Waals surface area (Å²) in [7, 11) is 1.40. The number of methoxy groups -OCH3 is 1. The topological polar surface area (TPSA) is 89.7 Å². The highest BCUT2D eigenvalue weighted by Crippen LogP contribution is 2.51. The van der Waals surface area contributed by atoms with Crippen LogP contribution in [0.1, 0.15) is 55.2 Å². The van der Waals surface area contributed by atoms with Gasteiger partial charge in [-0.15, -0.1) is 0 Å². The van der Waals surface area contributed by atoms with Gasteiger partial charge in [0.1, 0.15) is 5.82 Å². The molecule has 4 fully saturated rings. The number of amides is 1. The second-order valence-corrected chi connectivity index (χ2v) is 14.7. The van der Waals surface area contributed by atoms with Crippen molar-refractivity contribution in [2.75, 3.05) is 64.4 Å². The van der Waals surface area contributed by atoms with Crippen LogP contribution in [0.4, 0.5) is 19.3 Å². The van der Waals surface area contributed by atoms with Crippen LogP contribution in [0, 0.1) is 29.0 Å². The number of anilines is 1. The summed E-state index contributed by atoms with van der Waals surface area (Å²) in [5.41, 5.74) is 1.79. The number of halogens is 2. The fraction of sp³-hybridized carbons (Fsp3) is 0.553. The van der Waals surface area contributed by atoms with Gasteiger partial charge in [0.2, 0.25) is 0 Å². The zero-order chi connectivity index (χ0) is 34.0. The minimum atomic E-state index is -1.32. The largest absolute Gasteiger partial charge is 0.453 e. The van der Waals surface area contributed by atoms with E-state index in [0.29, 0.717) is 31.7 Å². The van der Waals surface area contributed by atoms with E-state index in [9.17, 15) is 14.4 Å². The number of likely N-dealkylation sites (tertiary alicyclic amines) is 2. The third-order valence-electron chi connectivity index (χ3n) is 11.7. The maximum absolute atomic E-state index is 16.2. The van der Waals surface area contributed by atoms with Crippen molar-refractivity contribution in [3.05, 3.63) is 83.7 Å². The SMILES string of the molecule is COC(=O)N[C@H]1CCC[C@@H]1C(CN1CCC1)(c1cccc(F)c1)C1CCN(CC2(F)CN(c3ccc(C#N)c(Cn4ccnc4)c3)C2)CC1. The predicted octanol–water partition coefficient (Wildman–Crippen LogP) is 5.35. The number of nitrogens with one attached hydrogen (secondary N) is 1. The summed E-state index contributed by atoms with van der Waals surface area (Å²) in [6.45, 7) is 6.00. The van der Waals surface area contributed by atoms with Crippen LogP contribution >= 0.6 is 0 Å². The number of carbonyl (C=O) groups excluding carboxylic acids is 1. The molecule has 7 rings (SSSR count). The molecule has 3 aliphatic heterocycles. The van der Waals surface area contributed by atoms with Crippen LogP contribution in [-0.2, 0) is 16.7 Å². The van der Waals surface area contributed by atoms with E-state index in [2.05, 4.69) is 37.1 Å². The first-order valence-electron chi connectivity index (χ1n) is 17.8. The number of imidazole rings is 1. The molecule has 2 aromatic carbocycles. The van der Waals surface area contributed by atoms with Gasteiger partial charge in [0.05, 0.1) is 38.2 Å². The molecule has 4 aliphatic rings. The summed E-state index contributed by atoms with van der Waals surface area (Å²) in [4.78, 5) is 23.4. The van der Waals surface area contributed by atoms with Gasteiger partial charge in [-0.3, -0.25) is 4.90 Å². The zero-order valence-corrected chi connectivity index (χ0v) is 28.4. The molecule has 1 saturated carbocycles. The Balaban J connectivity index is 1.05. The molecule has 1 aliphatic carbocycles. The predicted molar refractivity (Wildman–Crippen MR) is 184 cm³/mol. The van der Waals surface area contributed by atoms with Crippen LogP contribution < -0.4 is 10.2 Å². The first-order chi connectivity index (χ1) is 23.8. The van der Waals surface area contributed by atoms with Crippen LogP contribution in [0.5, 0.6) is 0 Å². The molecular formula is C38H47F2N7O2. The van der Waals surface area contributed by atoms with E-state index >= 15 is 4.39 Å². The summed E-state index contributed by atoms with van der Waals surface area (Å²) >= 11 is 0. The van der Waals surface area contributed by atoms with Crippen molar-refractivity contribution in [1.29, 1.82) is 5.26 Å². The summed E-state index contributed by atoms with van der Waals surface area (Å²) in [6.07, 6.45) is 10.7. The van der Waals surface area contributed by atoms with Crippen molar-refractivity contribution >= 4 is 11.8 Å². The number of nitrogens with zero attached hydrogens (tertiary/aromatic N) is 6. The molecule has 11 heteroatoms. The molecule has 9 nitrogen and oxygen atoms in total. The van der Waals surface area contributed by atoms with Gasteiger partial charge in [-0.2, -0.15) is 5.26 Å². The van der Waals surface area contributed by atoms with Gasteiger partial charge in [-0.25, -0.2) is 18.6 Å². The van der Waals surface area contributed by atoms with Crippen molar-refractivity contribution < 1.29 is 18.3 Å². The second-order valence-electron chi connectivity index (χ2n) is 14.7. The highest BCUT2D eigenvalue weighted by Gasteiger charge is 2.54. The number of hydrogen-bond donors (Lipinski definition) is 1. The monoisotopic (exact) mass is 671 g/mol. The van der Waals surface area contributed by atoms with Gasteiger partial charge in [-0.1, -0.05) is 18.6 Å². The minimum Gasteiger partial charge on any atom is -0.453 e. The molecule has 1 aromatic heterocycles. The van der Waals surface area contributed by atoms with E-state index in [4.69, 9.17) is 4.74 Å². The van der Waals surface area contributed by atoms with E-state index in [1.807, 2.05) is 35.0 Å². The van der Waals surface area contributed by atoms with Crippen molar-refractivity contribution in [1.82, 2.24) is 24.7 Å². The number of rotatable bonds is 11. The quantitative estimate of drug-likeness (QED) is 0.294. The van der Waals surface area contributed by atoms with Crippen LogP contribution in [-0.4, -0.2) is 96.6 Å². The number of aromatic nitrogens is 2. The van der Waals surface area contributed by atoms with E-state index in [1.54, 1.807) is 18.6 Å². The molecule has 0 spiro atoms. The van der Waals surface area contributed by atoms with Crippen LogP contribution in [0.3, 0.4) is 0 Å². The van der Waals surface area contributed by atoms with E-state index < -0.39 is 11.8 Å². The Morgan fingerprint density at radius 2 is 1.90 bits per heavy atom. The van der Waals surface area contributed by atoms with E-state index in [1.165, 1.54) is 13.2 Å². The molecule has 0 bridgehead atoms. The number of benzene rings is 2. The highest BCUT2D eigenvalue weighted by atomic mass is 19.1. The minimum absolute atomic E-state index is 0.0483. The molecule has 0 radical (unpaired) electrons. The Morgan fingerprint density at radius 3 is 2.57 bits per heavy atom. The van der Waals surface area contributed by atoms with Crippen molar-refractivity contribution in [2.24, 2.45) is 11.8 Å². The Bertz CT molecular complexity index is 1640. The third-order valence-corrected chi connectivity index (χ3v) is 11.7. The molecule has 3 aromatic rings. The van der Waals surface area contributed by atoms with Gasteiger partial charge in [0.25, 0.3) is 0 Å². The van der Waals surface area contributed by atoms with Gasteiger partial charge in [0, 0.05) is 49.2 Å². The van der Waals surface area contributed by atoms with Gasteiger partial charge in [0.15, 0.2) is 5.67 Å². The first kappa shape index (κ1) is 33.5. The van der Waals surface area contributed by atoms with Crippen molar-refractivity contribution in [3.8, 4) is 6.07 Å². The van der Waals surface area contributed by atoms with E-state index in [0.717, 1.165) is 88.1 Å². The lowest BCUT2D eigenvalue weighted by atomic mass is 9.57. The summed E-state index contributed by atoms with van der Waals surface area (Å²) in [5, 5.41) is 12.8. The molecular weight excluding hydrogens is 624 g/mol. The molecule has 260 valence electrons. The average Bonchev–Trinajstić information content (AvgIpc) is 3.76. The molecule has 1 N–H and O–H groups in total. The fourth-order valence-corrected chi connectivity index (χ4v) is 9.26. The lowest BCUT2D eigenvalue weighted by Gasteiger charge is -2.54. The molecule has 49 heavy (non-hydrogen) atoms. The molecule has 3 atom stereocenters. The number of piperidine rings is 1. The normalized spacial score (nSPS) is 24.0. The maximum Gasteiger partial charge on any atom is 0.407 e. The standard InChI is InChI=1S/C38H47F2N7O2/c1-49-36(48)43-35-8-3-7-34(35)38(26-44-14-4-15-44,31-5-2-6-32(39)20-31)30-11-16-45(17-12-30)23-37(40)24-47(25-37)33-10-9-28(21-41)29(19-33)22-46-18-13-42-27-46/h2,5-6,9-10,13,18-20,27,30,34-35H,3-4,7-8,11-12,14-17,22-26H2,1H3,(H,43,48)/t34-,35-,38?/m0/s1. The Hall–Kier alpha value is -4.01. The van der Waals surface area contributed by atoms with Gasteiger partial charge < -0.3 is 24.4 Å². The maximum atomic E-state index is 16.2. The average molecular weight is 672 g/mol. The lowest BCUT2D eigenvalue weighted by molar-refractivity contribution is 0.00584.